The molecule has 1 N–H and O–H groups in total. The minimum Gasteiger partial charge on any atom is -0.481 e. The van der Waals surface area contributed by atoms with Crippen LogP contribution in [0.5, 0.6) is 0 Å². The zero-order valence-electron chi connectivity index (χ0n) is 13.3. The molecule has 6 heteroatoms. The van der Waals surface area contributed by atoms with Gasteiger partial charge in [-0.25, -0.2) is 0 Å². The third-order valence-electron chi connectivity index (χ3n) is 4.83. The van der Waals surface area contributed by atoms with Crippen molar-refractivity contribution in [3.8, 4) is 0 Å². The van der Waals surface area contributed by atoms with Crippen LogP contribution < -0.4 is 0 Å². The molecule has 2 aliphatic rings. The minimum atomic E-state index is -1.03. The maximum absolute atomic E-state index is 12.2. The fourth-order valence-corrected chi connectivity index (χ4v) is 3.38. The van der Waals surface area contributed by atoms with Crippen molar-refractivity contribution < 1.29 is 19.5 Å². The summed E-state index contributed by atoms with van der Waals surface area (Å²) in [7, 11) is 0. The predicted molar refractivity (Wildman–Crippen MR) is 81.2 cm³/mol. The van der Waals surface area contributed by atoms with E-state index < -0.39 is 11.9 Å². The highest BCUT2D eigenvalue weighted by atomic mass is 16.4. The maximum Gasteiger partial charge on any atom is 0.316 e. The molecule has 6 nitrogen and oxygen atoms in total. The van der Waals surface area contributed by atoms with Crippen LogP contribution in [0.25, 0.3) is 0 Å². The maximum atomic E-state index is 12.2. The summed E-state index contributed by atoms with van der Waals surface area (Å²) in [5.41, 5.74) is 0. The van der Waals surface area contributed by atoms with Crippen molar-refractivity contribution in [1.29, 1.82) is 0 Å². The number of amides is 2. The number of carbonyl (C=O) groups is 3. The Morgan fingerprint density at radius 1 is 1.23 bits per heavy atom. The van der Waals surface area contributed by atoms with Gasteiger partial charge in [0.05, 0.1) is 0 Å². The number of carbonyl (C=O) groups excluding carboxylic acids is 2. The van der Waals surface area contributed by atoms with E-state index >= 15 is 0 Å². The number of carboxylic acids is 1. The van der Waals surface area contributed by atoms with Crippen LogP contribution in [0.1, 0.15) is 45.4 Å². The smallest absolute Gasteiger partial charge is 0.316 e. The molecule has 2 saturated heterocycles. The summed E-state index contributed by atoms with van der Waals surface area (Å²) in [4.78, 5) is 38.8. The van der Waals surface area contributed by atoms with Crippen LogP contribution in [-0.2, 0) is 14.4 Å². The number of aliphatic carboxylic acids is 1. The van der Waals surface area contributed by atoms with Crippen LogP contribution in [0.4, 0.5) is 0 Å². The molecule has 1 atom stereocenters. The Hall–Kier alpha value is -1.59. The van der Waals surface area contributed by atoms with Crippen molar-refractivity contribution in [2.24, 2.45) is 11.8 Å². The molecule has 0 unspecified atom stereocenters. The molecule has 2 heterocycles. The number of rotatable bonds is 5. The first-order valence-corrected chi connectivity index (χ1v) is 8.32. The molecule has 2 aliphatic heterocycles. The van der Waals surface area contributed by atoms with Crippen molar-refractivity contribution in [2.45, 2.75) is 45.4 Å². The zero-order valence-corrected chi connectivity index (χ0v) is 13.3. The van der Waals surface area contributed by atoms with Crippen LogP contribution in [0.15, 0.2) is 0 Å². The van der Waals surface area contributed by atoms with Gasteiger partial charge >= 0.3 is 5.97 Å². The summed E-state index contributed by atoms with van der Waals surface area (Å²) in [6, 6.07) is 0. The molecular formula is C16H26N2O4. The summed E-state index contributed by atoms with van der Waals surface area (Å²) in [5.74, 6) is -1.53. The van der Waals surface area contributed by atoms with Gasteiger partial charge in [-0.1, -0.05) is 6.92 Å². The van der Waals surface area contributed by atoms with Gasteiger partial charge in [0.1, 0.15) is 5.92 Å². The monoisotopic (exact) mass is 310 g/mol. The van der Waals surface area contributed by atoms with Crippen LogP contribution in [0, 0.1) is 11.8 Å². The summed E-state index contributed by atoms with van der Waals surface area (Å²) >= 11 is 0. The number of hydrogen-bond donors (Lipinski definition) is 1. The Morgan fingerprint density at radius 3 is 2.45 bits per heavy atom. The SMILES string of the molecule is CC[C@H](C(=O)O)C(=O)N1CCC(CN2CCCCC2=O)CC1. The molecule has 0 aliphatic carbocycles. The van der Waals surface area contributed by atoms with Gasteiger partial charge in [-0.15, -0.1) is 0 Å². The Bertz CT molecular complexity index is 430. The average Bonchev–Trinajstić information content (AvgIpc) is 2.50. The number of piperidine rings is 2. The van der Waals surface area contributed by atoms with Crippen molar-refractivity contribution in [1.82, 2.24) is 9.80 Å². The zero-order chi connectivity index (χ0) is 16.1. The van der Waals surface area contributed by atoms with Gasteiger partial charge in [-0.2, -0.15) is 0 Å². The lowest BCUT2D eigenvalue weighted by Gasteiger charge is -2.36. The van der Waals surface area contributed by atoms with Gasteiger partial charge in [0.25, 0.3) is 0 Å². The second-order valence-electron chi connectivity index (χ2n) is 6.36. The van der Waals surface area contributed by atoms with Gasteiger partial charge in [-0.05, 0) is 38.0 Å². The first kappa shape index (κ1) is 16.8. The lowest BCUT2D eigenvalue weighted by Crippen LogP contribution is -2.46. The van der Waals surface area contributed by atoms with Crippen LogP contribution in [0.3, 0.4) is 0 Å². The van der Waals surface area contributed by atoms with E-state index in [0.717, 1.165) is 38.8 Å². The van der Waals surface area contributed by atoms with E-state index in [2.05, 4.69) is 0 Å². The van der Waals surface area contributed by atoms with Gasteiger partial charge < -0.3 is 14.9 Å². The van der Waals surface area contributed by atoms with Crippen LogP contribution in [-0.4, -0.2) is 58.9 Å². The quantitative estimate of drug-likeness (QED) is 0.778. The molecule has 0 spiro atoms. The van der Waals surface area contributed by atoms with E-state index in [1.807, 2.05) is 4.90 Å². The van der Waals surface area contributed by atoms with Crippen molar-refractivity contribution in [2.75, 3.05) is 26.2 Å². The molecule has 0 aromatic carbocycles. The van der Waals surface area contributed by atoms with E-state index in [-0.39, 0.29) is 11.8 Å². The first-order chi connectivity index (χ1) is 10.5. The molecule has 0 bridgehead atoms. The molecule has 2 rings (SSSR count). The topological polar surface area (TPSA) is 77.9 Å². The van der Waals surface area contributed by atoms with E-state index in [4.69, 9.17) is 5.11 Å². The van der Waals surface area contributed by atoms with Gasteiger partial charge in [0.15, 0.2) is 0 Å². The number of carboxylic acid groups (broad SMARTS) is 1. The lowest BCUT2D eigenvalue weighted by atomic mass is 9.94. The Labute approximate surface area is 131 Å². The fraction of sp³-hybridized carbons (Fsp3) is 0.812. The first-order valence-electron chi connectivity index (χ1n) is 8.32. The highest BCUT2D eigenvalue weighted by molar-refractivity contribution is 5.96. The summed E-state index contributed by atoms with van der Waals surface area (Å²) < 4.78 is 0. The molecule has 124 valence electrons. The average molecular weight is 310 g/mol. The second-order valence-corrected chi connectivity index (χ2v) is 6.36. The molecule has 0 aromatic rings. The normalized spacial score (nSPS) is 21.8. The number of hydrogen-bond acceptors (Lipinski definition) is 3. The third kappa shape index (κ3) is 3.99. The third-order valence-corrected chi connectivity index (χ3v) is 4.83. The molecular weight excluding hydrogens is 284 g/mol. The molecule has 0 saturated carbocycles. The number of nitrogens with zero attached hydrogens (tertiary/aromatic N) is 2. The molecule has 2 fully saturated rings. The van der Waals surface area contributed by atoms with Crippen LogP contribution >= 0.6 is 0 Å². The highest BCUT2D eigenvalue weighted by Crippen LogP contribution is 2.22. The lowest BCUT2D eigenvalue weighted by molar-refractivity contribution is -0.152. The predicted octanol–water partition coefficient (Wildman–Crippen LogP) is 1.35. The largest absolute Gasteiger partial charge is 0.481 e. The van der Waals surface area contributed by atoms with Gasteiger partial charge in [0, 0.05) is 32.6 Å². The minimum absolute atomic E-state index is 0.252. The summed E-state index contributed by atoms with van der Waals surface area (Å²) in [5, 5.41) is 9.08. The molecule has 22 heavy (non-hydrogen) atoms. The van der Waals surface area contributed by atoms with Gasteiger partial charge in [-0.3, -0.25) is 14.4 Å². The van der Waals surface area contributed by atoms with E-state index in [9.17, 15) is 14.4 Å². The highest BCUT2D eigenvalue weighted by Gasteiger charge is 2.32. The van der Waals surface area contributed by atoms with Crippen molar-refractivity contribution in [3.05, 3.63) is 0 Å². The Kier molecular flexibility index (Phi) is 5.80. The van der Waals surface area contributed by atoms with E-state index in [0.29, 0.717) is 31.8 Å². The fourth-order valence-electron chi connectivity index (χ4n) is 3.38. The van der Waals surface area contributed by atoms with Crippen molar-refractivity contribution >= 4 is 17.8 Å². The van der Waals surface area contributed by atoms with Gasteiger partial charge in [0.2, 0.25) is 11.8 Å². The molecule has 0 radical (unpaired) electrons. The van der Waals surface area contributed by atoms with E-state index in [1.165, 1.54) is 0 Å². The Balaban J connectivity index is 1.81. The van der Waals surface area contributed by atoms with Crippen molar-refractivity contribution in [3.63, 3.8) is 0 Å². The molecule has 0 aromatic heterocycles. The van der Waals surface area contributed by atoms with E-state index in [1.54, 1.807) is 11.8 Å². The Morgan fingerprint density at radius 2 is 1.91 bits per heavy atom. The molecule has 2 amide bonds. The second kappa shape index (κ2) is 7.61. The summed E-state index contributed by atoms with van der Waals surface area (Å²) in [6.45, 7) is 4.59. The van der Waals surface area contributed by atoms with Crippen LogP contribution in [0.2, 0.25) is 0 Å². The summed E-state index contributed by atoms with van der Waals surface area (Å²) in [6.07, 6.45) is 4.78. The standard InChI is InChI=1S/C16H26N2O4/c1-2-13(16(21)22)15(20)17-9-6-12(7-10-17)11-18-8-4-3-5-14(18)19/h12-13H,2-11H2,1H3,(H,21,22)/t13-/m0/s1. The number of likely N-dealkylation sites (tertiary alicyclic amines) is 2.